The van der Waals surface area contributed by atoms with Gasteiger partial charge in [-0.25, -0.2) is 8.42 Å². The van der Waals surface area contributed by atoms with Crippen LogP contribution in [-0.2, 0) is 16.6 Å². The Morgan fingerprint density at radius 2 is 1.92 bits per heavy atom. The molecule has 6 nitrogen and oxygen atoms in total. The number of hydrogen-bond acceptors (Lipinski definition) is 4. The van der Waals surface area contributed by atoms with Gasteiger partial charge in [-0.3, -0.25) is 9.40 Å². The molecule has 0 fully saturated rings. The van der Waals surface area contributed by atoms with Crippen molar-refractivity contribution in [2.45, 2.75) is 18.4 Å². The van der Waals surface area contributed by atoms with Crippen LogP contribution in [0.5, 0.6) is 5.75 Å². The third-order valence-electron chi connectivity index (χ3n) is 4.38. The summed E-state index contributed by atoms with van der Waals surface area (Å²) in [5.74, 6) is 0.603. The van der Waals surface area contributed by atoms with E-state index in [0.717, 1.165) is 22.4 Å². The quantitative estimate of drug-likeness (QED) is 0.783. The maximum Gasteiger partial charge on any atom is 0.264 e. The van der Waals surface area contributed by atoms with Gasteiger partial charge in [0.05, 0.1) is 36.1 Å². The van der Waals surface area contributed by atoms with Crippen LogP contribution in [-0.4, -0.2) is 25.7 Å². The van der Waals surface area contributed by atoms with E-state index < -0.39 is 10.0 Å². The molecule has 1 N–H and O–H groups in total. The second kappa shape index (κ2) is 5.63. The van der Waals surface area contributed by atoms with E-state index in [0.29, 0.717) is 11.4 Å². The summed E-state index contributed by atoms with van der Waals surface area (Å²) in [4.78, 5) is 0.263. The Bertz CT molecular complexity index is 1040. The first kappa shape index (κ1) is 15.7. The average Bonchev–Trinajstić information content (AvgIpc) is 3.09. The van der Waals surface area contributed by atoms with E-state index in [9.17, 15) is 8.42 Å². The molecule has 0 atom stereocenters. The first-order chi connectivity index (χ1) is 12.0. The van der Waals surface area contributed by atoms with Gasteiger partial charge in [0.2, 0.25) is 0 Å². The molecule has 0 bridgehead atoms. The highest BCUT2D eigenvalue weighted by Gasteiger charge is 2.33. The molecule has 0 amide bonds. The van der Waals surface area contributed by atoms with Crippen molar-refractivity contribution < 1.29 is 13.2 Å². The lowest BCUT2D eigenvalue weighted by Gasteiger charge is -2.30. The third kappa shape index (κ3) is 2.47. The van der Waals surface area contributed by atoms with Crippen molar-refractivity contribution in [3.63, 3.8) is 0 Å². The summed E-state index contributed by atoms with van der Waals surface area (Å²) in [6.45, 7) is 2.15. The average molecular weight is 355 g/mol. The number of methoxy groups -OCH3 is 1. The van der Waals surface area contributed by atoms with E-state index in [1.165, 1.54) is 4.31 Å². The van der Waals surface area contributed by atoms with Crippen LogP contribution >= 0.6 is 0 Å². The second-order valence-electron chi connectivity index (χ2n) is 5.98. The van der Waals surface area contributed by atoms with Gasteiger partial charge in [-0.15, -0.1) is 0 Å². The van der Waals surface area contributed by atoms with Crippen LogP contribution in [0.3, 0.4) is 0 Å². The van der Waals surface area contributed by atoms with E-state index in [4.69, 9.17) is 4.74 Å². The summed E-state index contributed by atoms with van der Waals surface area (Å²) < 4.78 is 33.2. The zero-order chi connectivity index (χ0) is 17.6. The minimum atomic E-state index is -3.70. The van der Waals surface area contributed by atoms with E-state index in [1.807, 2.05) is 19.1 Å². The Hall–Kier alpha value is -2.80. The largest absolute Gasteiger partial charge is 0.497 e. The van der Waals surface area contributed by atoms with Gasteiger partial charge in [0, 0.05) is 17.2 Å². The van der Waals surface area contributed by atoms with E-state index in [1.54, 1.807) is 43.6 Å². The maximum atomic E-state index is 13.2. The number of benzene rings is 2. The number of aromatic nitrogens is 2. The number of hydrogen-bond donors (Lipinski definition) is 1. The number of anilines is 1. The van der Waals surface area contributed by atoms with Gasteiger partial charge in [-0.2, -0.15) is 5.10 Å². The van der Waals surface area contributed by atoms with Crippen LogP contribution in [0.15, 0.2) is 53.6 Å². The molecule has 1 aliphatic rings. The molecule has 3 aromatic rings. The number of fused-ring (bicyclic) bond motifs is 3. The molecule has 0 saturated carbocycles. The molecule has 0 radical (unpaired) electrons. The van der Waals surface area contributed by atoms with Crippen LogP contribution in [0, 0.1) is 6.92 Å². The number of aryl methyl sites for hydroxylation is 1. The molecule has 0 aliphatic carbocycles. The number of nitrogens with one attached hydrogen (secondary N) is 1. The Balaban J connectivity index is 1.90. The van der Waals surface area contributed by atoms with Crippen molar-refractivity contribution in [1.82, 2.24) is 10.2 Å². The minimum Gasteiger partial charge on any atom is -0.497 e. The van der Waals surface area contributed by atoms with Crippen molar-refractivity contribution in [1.29, 1.82) is 0 Å². The number of nitrogens with zero attached hydrogens (tertiary/aromatic N) is 2. The summed E-state index contributed by atoms with van der Waals surface area (Å²) in [7, 11) is -2.14. The SMILES string of the molecule is COc1ccc2c(c1)N(S(=O)(=O)c1ccc(C)cc1)Cc1cn[nH]c1-2. The second-order valence-corrected chi connectivity index (χ2v) is 7.84. The predicted octanol–water partition coefficient (Wildman–Crippen LogP) is 3.10. The van der Waals surface area contributed by atoms with E-state index in [-0.39, 0.29) is 11.4 Å². The Kier molecular flexibility index (Phi) is 3.54. The van der Waals surface area contributed by atoms with Gasteiger partial charge < -0.3 is 4.74 Å². The monoisotopic (exact) mass is 355 g/mol. The summed E-state index contributed by atoms with van der Waals surface area (Å²) in [5, 5.41) is 7.03. The fourth-order valence-electron chi connectivity index (χ4n) is 3.01. The van der Waals surface area contributed by atoms with E-state index in [2.05, 4.69) is 10.2 Å². The summed E-state index contributed by atoms with van der Waals surface area (Å²) in [6.07, 6.45) is 1.67. The molecule has 128 valence electrons. The molecular weight excluding hydrogens is 338 g/mol. The van der Waals surface area contributed by atoms with Crippen LogP contribution in [0.25, 0.3) is 11.3 Å². The van der Waals surface area contributed by atoms with Crippen LogP contribution in [0.2, 0.25) is 0 Å². The van der Waals surface area contributed by atoms with Gasteiger partial charge in [0.25, 0.3) is 10.0 Å². The lowest BCUT2D eigenvalue weighted by molar-refractivity contribution is 0.415. The number of aromatic amines is 1. The Morgan fingerprint density at radius 3 is 2.64 bits per heavy atom. The first-order valence-corrected chi connectivity index (χ1v) is 9.25. The van der Waals surface area contributed by atoms with Crippen molar-refractivity contribution in [2.24, 2.45) is 0 Å². The number of ether oxygens (including phenoxy) is 1. The molecule has 2 heterocycles. The molecule has 1 aromatic heterocycles. The zero-order valence-corrected chi connectivity index (χ0v) is 14.7. The molecular formula is C18H17N3O3S. The minimum absolute atomic E-state index is 0.224. The predicted molar refractivity (Wildman–Crippen MR) is 95.1 cm³/mol. The molecule has 0 saturated heterocycles. The Morgan fingerprint density at radius 1 is 1.16 bits per heavy atom. The zero-order valence-electron chi connectivity index (χ0n) is 13.9. The summed E-state index contributed by atoms with van der Waals surface area (Å²) >= 11 is 0. The molecule has 1 aliphatic heterocycles. The number of H-pyrrole nitrogens is 1. The summed E-state index contributed by atoms with van der Waals surface area (Å²) in [6, 6.07) is 12.3. The van der Waals surface area contributed by atoms with Gasteiger partial charge in [0.1, 0.15) is 5.75 Å². The van der Waals surface area contributed by atoms with Gasteiger partial charge in [0.15, 0.2) is 0 Å². The fourth-order valence-corrected chi connectivity index (χ4v) is 4.47. The molecule has 0 spiro atoms. The molecule has 2 aromatic carbocycles. The topological polar surface area (TPSA) is 75.3 Å². The van der Waals surface area contributed by atoms with Crippen molar-refractivity contribution in [3.05, 3.63) is 59.8 Å². The number of rotatable bonds is 3. The van der Waals surface area contributed by atoms with E-state index >= 15 is 0 Å². The van der Waals surface area contributed by atoms with Crippen molar-refractivity contribution in [3.8, 4) is 17.0 Å². The van der Waals surface area contributed by atoms with Gasteiger partial charge in [-0.1, -0.05) is 17.7 Å². The highest BCUT2D eigenvalue weighted by atomic mass is 32.2. The van der Waals surface area contributed by atoms with Crippen molar-refractivity contribution in [2.75, 3.05) is 11.4 Å². The maximum absolute atomic E-state index is 13.2. The Labute approximate surface area is 146 Å². The van der Waals surface area contributed by atoms with Crippen LogP contribution in [0.4, 0.5) is 5.69 Å². The normalized spacial score (nSPS) is 13.3. The highest BCUT2D eigenvalue weighted by Crippen LogP contribution is 2.42. The lowest BCUT2D eigenvalue weighted by Crippen LogP contribution is -2.33. The van der Waals surface area contributed by atoms with Crippen LogP contribution in [0.1, 0.15) is 11.1 Å². The van der Waals surface area contributed by atoms with Gasteiger partial charge >= 0.3 is 0 Å². The molecule has 25 heavy (non-hydrogen) atoms. The van der Waals surface area contributed by atoms with Crippen molar-refractivity contribution >= 4 is 15.7 Å². The highest BCUT2D eigenvalue weighted by molar-refractivity contribution is 7.92. The number of sulfonamides is 1. The smallest absolute Gasteiger partial charge is 0.264 e. The molecule has 0 unspecified atom stereocenters. The molecule has 7 heteroatoms. The first-order valence-electron chi connectivity index (χ1n) is 7.81. The lowest BCUT2D eigenvalue weighted by atomic mass is 10.0. The third-order valence-corrected chi connectivity index (χ3v) is 6.16. The fraction of sp³-hybridized carbons (Fsp3) is 0.167. The molecule has 4 rings (SSSR count). The van der Waals surface area contributed by atoms with Gasteiger partial charge in [-0.05, 0) is 31.2 Å². The van der Waals surface area contributed by atoms with Crippen LogP contribution < -0.4 is 9.04 Å². The summed E-state index contributed by atoms with van der Waals surface area (Å²) in [5.41, 5.74) is 4.06. The standard InChI is InChI=1S/C18H17N3O3S/c1-12-3-6-15(7-4-12)25(22,23)21-11-13-10-19-20-18(13)16-8-5-14(24-2)9-17(16)21/h3-10H,11H2,1-2H3,(H,19,20).